The Kier molecular flexibility index (Phi) is 6.05. The van der Waals surface area contributed by atoms with Crippen molar-refractivity contribution < 1.29 is 22.0 Å². The molecule has 3 rings (SSSR count). The maximum absolute atomic E-state index is 14.4. The van der Waals surface area contributed by atoms with Crippen molar-refractivity contribution in [1.82, 2.24) is 4.72 Å². The summed E-state index contributed by atoms with van der Waals surface area (Å²) in [5, 5.41) is 2.24. The largest absolute Gasteiger partial charge is 0.319 e. The molecule has 0 aliphatic rings. The van der Waals surface area contributed by atoms with Crippen LogP contribution in [0.4, 0.5) is 14.5 Å². The van der Waals surface area contributed by atoms with Crippen LogP contribution in [0.3, 0.4) is 0 Å². The van der Waals surface area contributed by atoms with Gasteiger partial charge < -0.3 is 5.32 Å². The Labute approximate surface area is 167 Å². The van der Waals surface area contributed by atoms with E-state index in [0.717, 1.165) is 23.8 Å². The van der Waals surface area contributed by atoms with Crippen molar-refractivity contribution in [3.05, 3.63) is 95.6 Å². The molecule has 8 heteroatoms. The number of anilines is 1. The number of carbonyl (C=O) groups excluding carboxylic acids is 1. The van der Waals surface area contributed by atoms with E-state index in [2.05, 4.69) is 10.0 Å². The van der Waals surface area contributed by atoms with Crippen LogP contribution in [0.25, 0.3) is 0 Å². The number of amides is 1. The Morgan fingerprint density at radius 2 is 1.55 bits per heavy atom. The van der Waals surface area contributed by atoms with Crippen molar-refractivity contribution in [2.45, 2.75) is 17.9 Å². The zero-order chi connectivity index (χ0) is 21.0. The quantitative estimate of drug-likeness (QED) is 0.631. The second-order valence-electron chi connectivity index (χ2n) is 6.33. The molecule has 0 aromatic heterocycles. The molecular weight excluding hydrogens is 398 g/mol. The molecule has 29 heavy (non-hydrogen) atoms. The molecule has 3 aromatic rings. The molecule has 1 amide bonds. The number of rotatable bonds is 6. The molecule has 0 fully saturated rings. The molecule has 0 aliphatic carbocycles. The van der Waals surface area contributed by atoms with Crippen molar-refractivity contribution in [1.29, 1.82) is 0 Å². The van der Waals surface area contributed by atoms with Crippen molar-refractivity contribution in [2.75, 3.05) is 5.32 Å². The van der Waals surface area contributed by atoms with Crippen LogP contribution in [0.1, 0.15) is 28.9 Å². The van der Waals surface area contributed by atoms with E-state index in [4.69, 9.17) is 0 Å². The van der Waals surface area contributed by atoms with Crippen molar-refractivity contribution in [2.24, 2.45) is 0 Å². The zero-order valence-electron chi connectivity index (χ0n) is 15.4. The molecule has 0 aliphatic heterocycles. The minimum absolute atomic E-state index is 0.248. The van der Waals surface area contributed by atoms with Crippen LogP contribution < -0.4 is 10.0 Å². The summed E-state index contributed by atoms with van der Waals surface area (Å²) in [6, 6.07) is 16.8. The van der Waals surface area contributed by atoms with Gasteiger partial charge in [0, 0.05) is 6.04 Å². The Hall–Kier alpha value is -3.10. The summed E-state index contributed by atoms with van der Waals surface area (Å²) in [5.74, 6) is -2.54. The van der Waals surface area contributed by atoms with E-state index in [1.54, 1.807) is 31.2 Å². The Balaban J connectivity index is 1.78. The fourth-order valence-electron chi connectivity index (χ4n) is 2.71. The van der Waals surface area contributed by atoms with E-state index in [1.165, 1.54) is 24.3 Å². The summed E-state index contributed by atoms with van der Waals surface area (Å²) in [7, 11) is -4.00. The summed E-state index contributed by atoms with van der Waals surface area (Å²) in [5.41, 5.74) is 0.251. The van der Waals surface area contributed by atoms with Crippen LogP contribution in [0, 0.1) is 11.6 Å². The van der Waals surface area contributed by atoms with Gasteiger partial charge in [0.1, 0.15) is 11.6 Å². The molecule has 150 valence electrons. The number of carbonyl (C=O) groups is 1. The zero-order valence-corrected chi connectivity index (χ0v) is 16.2. The first-order valence-electron chi connectivity index (χ1n) is 8.70. The monoisotopic (exact) mass is 416 g/mol. The molecule has 5 nitrogen and oxygen atoms in total. The predicted molar refractivity (Wildman–Crippen MR) is 106 cm³/mol. The van der Waals surface area contributed by atoms with Crippen LogP contribution in [0.5, 0.6) is 0 Å². The van der Waals surface area contributed by atoms with Crippen molar-refractivity contribution >= 4 is 21.6 Å². The molecule has 3 aromatic carbocycles. The van der Waals surface area contributed by atoms with E-state index in [-0.39, 0.29) is 16.1 Å². The van der Waals surface area contributed by atoms with Gasteiger partial charge in [-0.15, -0.1) is 0 Å². The third kappa shape index (κ3) is 4.85. The number of halogens is 2. The van der Waals surface area contributed by atoms with E-state index in [0.29, 0.717) is 0 Å². The van der Waals surface area contributed by atoms with Gasteiger partial charge >= 0.3 is 0 Å². The van der Waals surface area contributed by atoms with E-state index in [9.17, 15) is 22.0 Å². The number of nitrogens with one attached hydrogen (secondary N) is 2. The standard InChI is InChI=1S/C21H18F2N2O3S/c1-14(15-7-3-2-4-8-15)25-29(27,28)16-11-12-20(19(23)13-16)24-21(26)17-9-5-6-10-18(17)22/h2-14,25H,1H3,(H,24,26)/t14-/m1/s1. The number of hydrogen-bond acceptors (Lipinski definition) is 3. The summed E-state index contributed by atoms with van der Waals surface area (Å²) in [4.78, 5) is 11.8. The Bertz CT molecular complexity index is 1140. The van der Waals surface area contributed by atoms with Gasteiger partial charge in [0.15, 0.2) is 0 Å². The molecular formula is C21H18F2N2O3S. The third-order valence-electron chi connectivity index (χ3n) is 4.25. The normalized spacial score (nSPS) is 12.4. The lowest BCUT2D eigenvalue weighted by atomic mass is 10.1. The number of benzene rings is 3. The van der Waals surface area contributed by atoms with Gasteiger partial charge in [-0.1, -0.05) is 42.5 Å². The molecule has 0 unspecified atom stereocenters. The Morgan fingerprint density at radius 3 is 2.21 bits per heavy atom. The van der Waals surface area contributed by atoms with Crippen LogP contribution in [-0.4, -0.2) is 14.3 Å². The van der Waals surface area contributed by atoms with Gasteiger partial charge in [0.2, 0.25) is 10.0 Å². The van der Waals surface area contributed by atoms with Gasteiger partial charge in [0.05, 0.1) is 16.1 Å². The van der Waals surface area contributed by atoms with Crippen LogP contribution >= 0.6 is 0 Å². The predicted octanol–water partition coefficient (Wildman–Crippen LogP) is 4.26. The number of sulfonamides is 1. The van der Waals surface area contributed by atoms with Gasteiger partial charge in [-0.3, -0.25) is 4.79 Å². The molecule has 2 N–H and O–H groups in total. The lowest BCUT2D eigenvalue weighted by molar-refractivity contribution is 0.102. The highest BCUT2D eigenvalue weighted by Crippen LogP contribution is 2.22. The maximum Gasteiger partial charge on any atom is 0.258 e. The second kappa shape index (κ2) is 8.50. The van der Waals surface area contributed by atoms with E-state index in [1.807, 2.05) is 6.07 Å². The molecule has 0 saturated heterocycles. The molecule has 0 radical (unpaired) electrons. The van der Waals surface area contributed by atoms with Gasteiger partial charge in [-0.05, 0) is 42.8 Å². The highest BCUT2D eigenvalue weighted by molar-refractivity contribution is 7.89. The second-order valence-corrected chi connectivity index (χ2v) is 8.04. The maximum atomic E-state index is 14.4. The fraction of sp³-hybridized carbons (Fsp3) is 0.0952. The molecule has 0 saturated carbocycles. The van der Waals surface area contributed by atoms with Crippen LogP contribution in [-0.2, 0) is 10.0 Å². The third-order valence-corrected chi connectivity index (χ3v) is 5.79. The highest BCUT2D eigenvalue weighted by atomic mass is 32.2. The Morgan fingerprint density at radius 1 is 0.897 bits per heavy atom. The van der Waals surface area contributed by atoms with E-state index < -0.39 is 33.6 Å². The van der Waals surface area contributed by atoms with Crippen molar-refractivity contribution in [3.63, 3.8) is 0 Å². The first-order chi connectivity index (χ1) is 13.8. The topological polar surface area (TPSA) is 75.3 Å². The van der Waals surface area contributed by atoms with Crippen LogP contribution in [0.15, 0.2) is 77.7 Å². The van der Waals surface area contributed by atoms with E-state index >= 15 is 0 Å². The average molecular weight is 416 g/mol. The lowest BCUT2D eigenvalue weighted by Crippen LogP contribution is -2.27. The average Bonchev–Trinajstić information content (AvgIpc) is 2.70. The highest BCUT2D eigenvalue weighted by Gasteiger charge is 2.21. The SMILES string of the molecule is C[C@@H](NS(=O)(=O)c1ccc(NC(=O)c2ccccc2F)c(F)c1)c1ccccc1. The van der Waals surface area contributed by atoms with Gasteiger partial charge in [-0.25, -0.2) is 21.9 Å². The molecule has 1 atom stereocenters. The van der Waals surface area contributed by atoms with Crippen molar-refractivity contribution in [3.8, 4) is 0 Å². The first kappa shape index (κ1) is 20.6. The molecule has 0 spiro atoms. The summed E-state index contributed by atoms with van der Waals surface area (Å²) in [6.07, 6.45) is 0. The molecule has 0 heterocycles. The van der Waals surface area contributed by atoms with Gasteiger partial charge in [0.25, 0.3) is 5.91 Å². The van der Waals surface area contributed by atoms with Gasteiger partial charge in [-0.2, -0.15) is 0 Å². The lowest BCUT2D eigenvalue weighted by Gasteiger charge is -2.15. The molecule has 0 bridgehead atoms. The fourth-order valence-corrected chi connectivity index (χ4v) is 3.95. The number of hydrogen-bond donors (Lipinski definition) is 2. The minimum atomic E-state index is -4.00. The summed E-state index contributed by atoms with van der Waals surface area (Å²) >= 11 is 0. The summed E-state index contributed by atoms with van der Waals surface area (Å²) < 4.78 is 55.7. The minimum Gasteiger partial charge on any atom is -0.319 e. The summed E-state index contributed by atoms with van der Waals surface area (Å²) in [6.45, 7) is 1.67. The smallest absolute Gasteiger partial charge is 0.258 e. The first-order valence-corrected chi connectivity index (χ1v) is 10.2. The van der Waals surface area contributed by atoms with Crippen LogP contribution in [0.2, 0.25) is 0 Å².